The maximum Gasteiger partial charge on any atom is -0.0178 e. The molecule has 0 amide bonds. The Balaban J connectivity index is 0.000000182. The second kappa shape index (κ2) is 15.9. The fourth-order valence-electron chi connectivity index (χ4n) is 3.55. The lowest BCUT2D eigenvalue weighted by molar-refractivity contribution is 1.48. The monoisotopic (exact) mass is 458 g/mol. The van der Waals surface area contributed by atoms with Gasteiger partial charge in [-0.3, -0.25) is 0 Å². The van der Waals surface area contributed by atoms with Crippen LogP contribution in [-0.4, -0.2) is 0 Å². The van der Waals surface area contributed by atoms with Crippen LogP contribution in [0.1, 0.15) is 33.3 Å². The van der Waals surface area contributed by atoms with Gasteiger partial charge in [0.2, 0.25) is 0 Å². The molecule has 178 valence electrons. The second-order valence-electron chi connectivity index (χ2n) is 7.55. The molecule has 0 saturated carbocycles. The van der Waals surface area contributed by atoms with E-state index in [0.717, 1.165) is 0 Å². The Morgan fingerprint density at radius 3 is 0.743 bits per heavy atom. The van der Waals surface area contributed by atoms with Crippen LogP contribution in [0.4, 0.5) is 0 Å². The number of benzene rings is 6. The van der Waals surface area contributed by atoms with E-state index in [1.165, 1.54) is 37.9 Å². The van der Waals surface area contributed by atoms with Crippen LogP contribution in [0.5, 0.6) is 0 Å². The Kier molecular flexibility index (Phi) is 12.4. The van der Waals surface area contributed by atoms with Gasteiger partial charge in [0.05, 0.1) is 0 Å². The average molecular weight is 459 g/mol. The lowest BCUT2D eigenvalue weighted by atomic mass is 10.0. The highest BCUT2D eigenvalue weighted by Gasteiger charge is 1.95. The lowest BCUT2D eigenvalue weighted by Crippen LogP contribution is -1.74. The van der Waals surface area contributed by atoms with E-state index in [0.29, 0.717) is 0 Å². The summed E-state index contributed by atoms with van der Waals surface area (Å²) in [6.45, 7) is 10.1. The van der Waals surface area contributed by atoms with E-state index in [9.17, 15) is 0 Å². The van der Waals surface area contributed by atoms with Crippen molar-refractivity contribution < 1.29 is 0 Å². The van der Waals surface area contributed by atoms with Crippen LogP contribution in [0.3, 0.4) is 0 Å². The largest absolute Gasteiger partial charge is 0.0683 e. The zero-order valence-electron chi connectivity index (χ0n) is 21.8. The first-order valence-electron chi connectivity index (χ1n) is 12.6. The molecular weight excluding hydrogens is 420 g/mol. The van der Waals surface area contributed by atoms with E-state index in [1.807, 2.05) is 45.9 Å². The van der Waals surface area contributed by atoms with Gasteiger partial charge in [0.25, 0.3) is 0 Å². The third-order valence-corrected chi connectivity index (χ3v) is 5.21. The summed E-state index contributed by atoms with van der Waals surface area (Å²) in [6.07, 6.45) is 0. The highest BCUT2D eigenvalue weighted by molar-refractivity contribution is 5.98. The molecule has 0 saturated heterocycles. The van der Waals surface area contributed by atoms with E-state index >= 15 is 0 Å². The van der Waals surface area contributed by atoms with Crippen molar-refractivity contribution in [2.24, 2.45) is 0 Å². The standard InChI is InChI=1S/C14H10.C10H8.C7H8.2C2H6/c1-2-6-12-10-14-8-4-3-7-13(14)9-11(12)5-1;1-2-6-10-8-4-3-7-9(10)5-1;1-7-5-3-2-4-6-7;2*1-2/h1-10H;1-8H;2-6H,1H3;2*1-2H3. The van der Waals surface area contributed by atoms with Crippen molar-refractivity contribution in [3.8, 4) is 0 Å². The Morgan fingerprint density at radius 1 is 0.286 bits per heavy atom. The smallest absolute Gasteiger partial charge is 0.0178 e. The molecule has 0 aliphatic carbocycles. The maximum atomic E-state index is 2.24. The zero-order valence-corrected chi connectivity index (χ0v) is 21.8. The fraction of sp³-hybridized carbons (Fsp3) is 0.143. The average Bonchev–Trinajstić information content (AvgIpc) is 2.95. The predicted octanol–water partition coefficient (Wildman–Crippen LogP) is 10.9. The van der Waals surface area contributed by atoms with Crippen LogP contribution in [0.25, 0.3) is 32.3 Å². The van der Waals surface area contributed by atoms with Gasteiger partial charge in [0.1, 0.15) is 0 Å². The highest BCUT2D eigenvalue weighted by atomic mass is 14.0. The number of fused-ring (bicyclic) bond motifs is 3. The molecule has 0 aromatic heterocycles. The summed E-state index contributed by atoms with van der Waals surface area (Å²) in [6, 6.07) is 48.4. The van der Waals surface area contributed by atoms with Gasteiger partial charge in [-0.25, -0.2) is 0 Å². The van der Waals surface area contributed by atoms with Crippen LogP contribution in [0.2, 0.25) is 0 Å². The summed E-state index contributed by atoms with van der Waals surface area (Å²) in [7, 11) is 0. The molecule has 0 aliphatic rings. The number of hydrogen-bond acceptors (Lipinski definition) is 0. The summed E-state index contributed by atoms with van der Waals surface area (Å²) in [5, 5.41) is 7.87. The zero-order chi connectivity index (χ0) is 25.3. The molecule has 0 fully saturated rings. The molecule has 0 bridgehead atoms. The van der Waals surface area contributed by atoms with E-state index in [-0.39, 0.29) is 0 Å². The molecule has 6 rings (SSSR count). The minimum atomic E-state index is 1.31. The van der Waals surface area contributed by atoms with Crippen LogP contribution < -0.4 is 0 Å². The molecule has 35 heavy (non-hydrogen) atoms. The minimum Gasteiger partial charge on any atom is -0.0683 e. The van der Waals surface area contributed by atoms with Gasteiger partial charge in [-0.15, -0.1) is 0 Å². The Hall–Kier alpha value is -3.90. The quantitative estimate of drug-likeness (QED) is 0.199. The molecule has 0 heteroatoms. The van der Waals surface area contributed by atoms with E-state index in [4.69, 9.17) is 0 Å². The van der Waals surface area contributed by atoms with Crippen molar-refractivity contribution in [1.29, 1.82) is 0 Å². The fourth-order valence-corrected chi connectivity index (χ4v) is 3.55. The molecule has 0 heterocycles. The SMILES string of the molecule is CC.CC.Cc1ccccc1.c1ccc2cc3ccccc3cc2c1.c1ccc2ccccc2c1. The van der Waals surface area contributed by atoms with Crippen molar-refractivity contribution >= 4 is 32.3 Å². The van der Waals surface area contributed by atoms with Crippen molar-refractivity contribution in [3.05, 3.63) is 145 Å². The topological polar surface area (TPSA) is 0 Å². The molecule has 0 atom stereocenters. The van der Waals surface area contributed by atoms with Crippen LogP contribution in [0, 0.1) is 6.92 Å². The van der Waals surface area contributed by atoms with Crippen molar-refractivity contribution in [1.82, 2.24) is 0 Å². The number of rotatable bonds is 0. The van der Waals surface area contributed by atoms with Gasteiger partial charge in [-0.1, -0.05) is 161 Å². The molecule has 0 N–H and O–H groups in total. The molecule has 0 nitrogen and oxygen atoms in total. The first-order valence-corrected chi connectivity index (χ1v) is 12.6. The van der Waals surface area contributed by atoms with Crippen LogP contribution in [0.15, 0.2) is 140 Å². The number of aryl methyl sites for hydroxylation is 1. The summed E-state index contributed by atoms with van der Waals surface area (Å²) in [5.74, 6) is 0. The van der Waals surface area contributed by atoms with E-state index in [1.54, 1.807) is 0 Å². The van der Waals surface area contributed by atoms with Crippen molar-refractivity contribution in [3.63, 3.8) is 0 Å². The van der Waals surface area contributed by atoms with Gasteiger partial charge < -0.3 is 0 Å². The normalized spacial score (nSPS) is 9.29. The molecule has 0 aliphatic heterocycles. The summed E-state index contributed by atoms with van der Waals surface area (Å²) in [5.41, 5.74) is 1.32. The van der Waals surface area contributed by atoms with Crippen molar-refractivity contribution in [2.75, 3.05) is 0 Å². The molecule has 0 radical (unpaired) electrons. The third-order valence-electron chi connectivity index (χ3n) is 5.21. The van der Waals surface area contributed by atoms with Gasteiger partial charge >= 0.3 is 0 Å². The first kappa shape index (κ1) is 27.3. The van der Waals surface area contributed by atoms with Crippen LogP contribution in [-0.2, 0) is 0 Å². The third kappa shape index (κ3) is 8.76. The lowest BCUT2D eigenvalue weighted by Gasteiger charge is -2.00. The van der Waals surface area contributed by atoms with E-state index < -0.39 is 0 Å². The summed E-state index contributed by atoms with van der Waals surface area (Å²) >= 11 is 0. The van der Waals surface area contributed by atoms with Gasteiger partial charge in [0, 0.05) is 0 Å². The van der Waals surface area contributed by atoms with Gasteiger partial charge in [0.15, 0.2) is 0 Å². The number of hydrogen-bond donors (Lipinski definition) is 0. The van der Waals surface area contributed by atoms with Crippen molar-refractivity contribution in [2.45, 2.75) is 34.6 Å². The Labute approximate surface area is 211 Å². The van der Waals surface area contributed by atoms with E-state index in [2.05, 4.69) is 128 Å². The molecule has 0 spiro atoms. The second-order valence-corrected chi connectivity index (χ2v) is 7.55. The maximum absolute atomic E-state index is 2.24. The van der Waals surface area contributed by atoms with Crippen LogP contribution >= 0.6 is 0 Å². The first-order chi connectivity index (χ1) is 17.3. The van der Waals surface area contributed by atoms with Gasteiger partial charge in [-0.05, 0) is 51.4 Å². The van der Waals surface area contributed by atoms with Gasteiger partial charge in [-0.2, -0.15) is 0 Å². The molecular formula is C35H38. The summed E-state index contributed by atoms with van der Waals surface area (Å²) < 4.78 is 0. The predicted molar refractivity (Wildman–Crippen MR) is 159 cm³/mol. The Morgan fingerprint density at radius 2 is 0.514 bits per heavy atom. The Bertz CT molecular complexity index is 1210. The molecule has 6 aromatic carbocycles. The molecule has 0 unspecified atom stereocenters. The minimum absolute atomic E-state index is 1.31. The highest BCUT2D eigenvalue weighted by Crippen LogP contribution is 2.22. The summed E-state index contributed by atoms with van der Waals surface area (Å²) in [4.78, 5) is 0. The molecule has 6 aromatic rings.